The van der Waals surface area contributed by atoms with Crippen LogP contribution in [-0.4, -0.2) is 31.1 Å². The molecule has 0 amide bonds. The molecule has 0 aliphatic carbocycles. The van der Waals surface area contributed by atoms with Gasteiger partial charge in [-0.2, -0.15) is 9.97 Å². The second-order valence-corrected chi connectivity index (χ2v) is 4.83. The molecule has 0 unspecified atom stereocenters. The Bertz CT molecular complexity index is 786. The minimum Gasteiger partial charge on any atom is -0.464 e. The van der Waals surface area contributed by atoms with Gasteiger partial charge in [-0.1, -0.05) is 12.1 Å². The van der Waals surface area contributed by atoms with Crippen molar-refractivity contribution in [1.82, 2.24) is 24.5 Å². The summed E-state index contributed by atoms with van der Waals surface area (Å²) in [5.74, 6) is 1.40. The van der Waals surface area contributed by atoms with Crippen molar-refractivity contribution in [2.45, 2.75) is 13.3 Å². The van der Waals surface area contributed by atoms with Crippen LogP contribution in [0.15, 0.2) is 24.3 Å². The van der Waals surface area contributed by atoms with Crippen molar-refractivity contribution in [3.05, 3.63) is 41.2 Å². The first kappa shape index (κ1) is 13.8. The van der Waals surface area contributed by atoms with E-state index >= 15 is 0 Å². The summed E-state index contributed by atoms with van der Waals surface area (Å²) in [6.07, 6.45) is 0.466. The van der Waals surface area contributed by atoms with Gasteiger partial charge in [-0.3, -0.25) is 0 Å². The molecule has 0 fully saturated rings. The Morgan fingerprint density at radius 2 is 1.95 bits per heavy atom. The summed E-state index contributed by atoms with van der Waals surface area (Å²) in [6.45, 7) is 2.34. The van der Waals surface area contributed by atoms with Gasteiger partial charge in [0.25, 0.3) is 0 Å². The largest absolute Gasteiger partial charge is 0.464 e. The lowest BCUT2D eigenvalue weighted by Crippen LogP contribution is -2.07. The highest BCUT2D eigenvalue weighted by atomic mass is 35.5. The van der Waals surface area contributed by atoms with Crippen LogP contribution in [0.5, 0.6) is 6.01 Å². The zero-order chi connectivity index (χ0) is 14.8. The second-order valence-electron chi connectivity index (χ2n) is 4.49. The van der Waals surface area contributed by atoms with Crippen LogP contribution in [-0.2, 0) is 13.5 Å². The van der Waals surface area contributed by atoms with Crippen molar-refractivity contribution in [2.24, 2.45) is 7.05 Å². The van der Waals surface area contributed by atoms with E-state index in [0.29, 0.717) is 18.9 Å². The summed E-state index contributed by atoms with van der Waals surface area (Å²) in [6, 6.07) is 8.20. The number of para-hydroxylation sites is 2. The molecule has 0 radical (unpaired) electrons. The van der Waals surface area contributed by atoms with E-state index in [2.05, 4.69) is 19.9 Å². The standard InChI is InChI=1S/C14H14ClN5O/c1-3-21-14-18-11(17-13(15)19-14)8-12-16-9-6-4-5-7-10(9)20(12)2/h4-7H,3,8H2,1-2H3. The Labute approximate surface area is 126 Å². The van der Waals surface area contributed by atoms with Crippen molar-refractivity contribution >= 4 is 22.6 Å². The molecule has 1 aromatic carbocycles. The second kappa shape index (κ2) is 5.65. The molecule has 2 heterocycles. The summed E-state index contributed by atoms with van der Waals surface area (Å²) in [7, 11) is 1.97. The molecule has 3 rings (SSSR count). The highest BCUT2D eigenvalue weighted by Gasteiger charge is 2.12. The fraction of sp³-hybridized carbons (Fsp3) is 0.286. The molecular weight excluding hydrogens is 290 g/mol. The molecule has 6 nitrogen and oxygen atoms in total. The van der Waals surface area contributed by atoms with E-state index in [4.69, 9.17) is 16.3 Å². The number of aromatic nitrogens is 5. The smallest absolute Gasteiger partial charge is 0.320 e. The van der Waals surface area contributed by atoms with Crippen LogP contribution >= 0.6 is 11.6 Å². The molecule has 0 aliphatic rings. The lowest BCUT2D eigenvalue weighted by molar-refractivity contribution is 0.310. The van der Waals surface area contributed by atoms with Crippen LogP contribution in [0.25, 0.3) is 11.0 Å². The maximum absolute atomic E-state index is 5.90. The van der Waals surface area contributed by atoms with E-state index in [1.54, 1.807) is 0 Å². The molecule has 108 valence electrons. The predicted octanol–water partition coefficient (Wildman–Crippen LogP) is 2.40. The van der Waals surface area contributed by atoms with Crippen LogP contribution < -0.4 is 4.74 Å². The molecule has 7 heteroatoms. The number of fused-ring (bicyclic) bond motifs is 1. The fourth-order valence-corrected chi connectivity index (χ4v) is 2.31. The van der Waals surface area contributed by atoms with Gasteiger partial charge in [0.1, 0.15) is 11.6 Å². The zero-order valence-electron chi connectivity index (χ0n) is 11.7. The first-order valence-corrected chi connectivity index (χ1v) is 6.98. The molecule has 0 aliphatic heterocycles. The van der Waals surface area contributed by atoms with Gasteiger partial charge in [-0.15, -0.1) is 0 Å². The highest BCUT2D eigenvalue weighted by molar-refractivity contribution is 6.28. The van der Waals surface area contributed by atoms with E-state index in [1.165, 1.54) is 0 Å². The van der Waals surface area contributed by atoms with Gasteiger partial charge < -0.3 is 9.30 Å². The maximum atomic E-state index is 5.90. The van der Waals surface area contributed by atoms with Gasteiger partial charge in [0.05, 0.1) is 24.1 Å². The SMILES string of the molecule is CCOc1nc(Cl)nc(Cc2nc3ccccc3n2C)n1. The molecular formula is C14H14ClN5O. The van der Waals surface area contributed by atoms with Crippen LogP contribution in [0.2, 0.25) is 5.28 Å². The number of imidazole rings is 1. The highest BCUT2D eigenvalue weighted by Crippen LogP contribution is 2.17. The van der Waals surface area contributed by atoms with Crippen molar-refractivity contribution in [1.29, 1.82) is 0 Å². The van der Waals surface area contributed by atoms with Gasteiger partial charge in [-0.25, -0.2) is 9.97 Å². The average Bonchev–Trinajstić information content (AvgIpc) is 2.76. The lowest BCUT2D eigenvalue weighted by atomic mass is 10.3. The van der Waals surface area contributed by atoms with E-state index in [9.17, 15) is 0 Å². The molecule has 21 heavy (non-hydrogen) atoms. The minimum atomic E-state index is 0.127. The number of ether oxygens (including phenoxy) is 1. The van der Waals surface area contributed by atoms with E-state index in [1.807, 2.05) is 42.8 Å². The van der Waals surface area contributed by atoms with Gasteiger partial charge in [0.2, 0.25) is 5.28 Å². The molecule has 2 aromatic heterocycles. The number of hydrogen-bond acceptors (Lipinski definition) is 5. The van der Waals surface area contributed by atoms with Crippen molar-refractivity contribution in [2.75, 3.05) is 6.61 Å². The zero-order valence-corrected chi connectivity index (χ0v) is 12.5. The fourth-order valence-electron chi connectivity index (χ4n) is 2.14. The van der Waals surface area contributed by atoms with Crippen molar-refractivity contribution in [3.8, 4) is 6.01 Å². The topological polar surface area (TPSA) is 65.7 Å². The third-order valence-corrected chi connectivity index (χ3v) is 3.27. The molecule has 0 saturated carbocycles. The van der Waals surface area contributed by atoms with Crippen LogP contribution in [0.1, 0.15) is 18.6 Å². The van der Waals surface area contributed by atoms with Crippen LogP contribution in [0.3, 0.4) is 0 Å². The first-order valence-electron chi connectivity index (χ1n) is 6.61. The summed E-state index contributed by atoms with van der Waals surface area (Å²) >= 11 is 5.90. The van der Waals surface area contributed by atoms with Crippen molar-refractivity contribution < 1.29 is 4.74 Å². The van der Waals surface area contributed by atoms with Crippen LogP contribution in [0.4, 0.5) is 0 Å². The number of rotatable bonds is 4. The van der Waals surface area contributed by atoms with Crippen molar-refractivity contribution in [3.63, 3.8) is 0 Å². The number of nitrogens with zero attached hydrogens (tertiary/aromatic N) is 5. The maximum Gasteiger partial charge on any atom is 0.320 e. The number of hydrogen-bond donors (Lipinski definition) is 0. The summed E-state index contributed by atoms with van der Waals surface area (Å²) in [5.41, 5.74) is 2.01. The molecule has 0 spiro atoms. The summed E-state index contributed by atoms with van der Waals surface area (Å²) in [4.78, 5) is 16.9. The van der Waals surface area contributed by atoms with Gasteiger partial charge in [-0.05, 0) is 30.7 Å². The Balaban J connectivity index is 1.96. The van der Waals surface area contributed by atoms with E-state index < -0.39 is 0 Å². The number of benzene rings is 1. The molecule has 0 atom stereocenters. The Morgan fingerprint density at radius 3 is 2.71 bits per heavy atom. The average molecular weight is 304 g/mol. The van der Waals surface area contributed by atoms with Gasteiger partial charge in [0, 0.05) is 7.05 Å². The monoisotopic (exact) mass is 303 g/mol. The van der Waals surface area contributed by atoms with Gasteiger partial charge >= 0.3 is 6.01 Å². The number of halogens is 1. The minimum absolute atomic E-state index is 0.127. The van der Waals surface area contributed by atoms with Crippen LogP contribution in [0, 0.1) is 0 Å². The molecule has 0 saturated heterocycles. The van der Waals surface area contributed by atoms with Gasteiger partial charge in [0.15, 0.2) is 0 Å². The molecule has 0 bridgehead atoms. The van der Waals surface area contributed by atoms with E-state index in [0.717, 1.165) is 16.9 Å². The Kier molecular flexibility index (Phi) is 3.70. The first-order chi connectivity index (χ1) is 10.2. The third kappa shape index (κ3) is 2.80. The Hall–Kier alpha value is -2.21. The van der Waals surface area contributed by atoms with E-state index in [-0.39, 0.29) is 11.3 Å². The normalized spacial score (nSPS) is 11.0. The third-order valence-electron chi connectivity index (χ3n) is 3.10. The quantitative estimate of drug-likeness (QED) is 0.740. The molecule has 3 aromatic rings. The lowest BCUT2D eigenvalue weighted by Gasteiger charge is -2.04. The Morgan fingerprint density at radius 1 is 1.14 bits per heavy atom. The number of aryl methyl sites for hydroxylation is 1. The predicted molar refractivity (Wildman–Crippen MR) is 79.5 cm³/mol. The molecule has 0 N–H and O–H groups in total. The summed E-state index contributed by atoms with van der Waals surface area (Å²) in [5, 5.41) is 0.127. The summed E-state index contributed by atoms with van der Waals surface area (Å²) < 4.78 is 7.30.